The number of rotatable bonds is 5. The average Bonchev–Trinajstić information content (AvgIpc) is 3.08. The fourth-order valence-corrected chi connectivity index (χ4v) is 1.88. The highest BCUT2D eigenvalue weighted by atomic mass is 16.6. The standard InChI is InChI=1S/C12H14N2O3/c1-17-9-12(6-7-12)11-4-2-3-10(13-11)5-8-14(15)16/h2-5,8H,6-7,9H2,1H3/b8-5+. The van der Waals surface area contributed by atoms with Crippen LogP contribution in [0.15, 0.2) is 24.4 Å². The third-order valence-electron chi connectivity index (χ3n) is 2.96. The number of aromatic nitrogens is 1. The molecule has 0 N–H and O–H groups in total. The molecular weight excluding hydrogens is 220 g/mol. The molecule has 5 heteroatoms. The zero-order chi connectivity index (χ0) is 12.3. The lowest BCUT2D eigenvalue weighted by molar-refractivity contribution is -0.401. The molecule has 0 radical (unpaired) electrons. The molecule has 1 heterocycles. The van der Waals surface area contributed by atoms with E-state index in [4.69, 9.17) is 4.74 Å². The number of hydrogen-bond acceptors (Lipinski definition) is 4. The molecule has 2 rings (SSSR count). The topological polar surface area (TPSA) is 65.3 Å². The van der Waals surface area contributed by atoms with Crippen molar-refractivity contribution in [3.8, 4) is 0 Å². The van der Waals surface area contributed by atoms with E-state index < -0.39 is 4.92 Å². The van der Waals surface area contributed by atoms with Crippen molar-refractivity contribution in [3.63, 3.8) is 0 Å². The molecule has 1 aromatic rings. The second-order valence-electron chi connectivity index (χ2n) is 4.26. The number of methoxy groups -OCH3 is 1. The summed E-state index contributed by atoms with van der Waals surface area (Å²) in [5, 5.41) is 10.2. The van der Waals surface area contributed by atoms with Gasteiger partial charge < -0.3 is 4.74 Å². The van der Waals surface area contributed by atoms with Crippen molar-refractivity contribution >= 4 is 6.08 Å². The summed E-state index contributed by atoms with van der Waals surface area (Å²) in [7, 11) is 1.68. The SMILES string of the molecule is COCC1(c2cccc(/C=C/[N+](=O)[O-])n2)CC1. The summed E-state index contributed by atoms with van der Waals surface area (Å²) in [6, 6.07) is 5.58. The van der Waals surface area contributed by atoms with Gasteiger partial charge in [-0.25, -0.2) is 0 Å². The van der Waals surface area contributed by atoms with E-state index in [0.717, 1.165) is 24.7 Å². The molecule has 0 saturated heterocycles. The molecule has 1 fully saturated rings. The highest BCUT2D eigenvalue weighted by Gasteiger charge is 2.45. The lowest BCUT2D eigenvalue weighted by Crippen LogP contribution is -2.15. The highest BCUT2D eigenvalue weighted by Crippen LogP contribution is 2.47. The Labute approximate surface area is 99.3 Å². The van der Waals surface area contributed by atoms with Crippen LogP contribution in [-0.4, -0.2) is 23.6 Å². The Balaban J connectivity index is 2.20. The number of nitro groups is 1. The van der Waals surface area contributed by atoms with Crippen LogP contribution in [0, 0.1) is 10.1 Å². The van der Waals surface area contributed by atoms with Crippen molar-refractivity contribution < 1.29 is 9.66 Å². The van der Waals surface area contributed by atoms with Crippen molar-refractivity contribution in [3.05, 3.63) is 45.9 Å². The minimum atomic E-state index is -0.490. The molecule has 0 aliphatic heterocycles. The number of hydrogen-bond donors (Lipinski definition) is 0. The number of pyridine rings is 1. The van der Waals surface area contributed by atoms with Gasteiger partial charge in [0, 0.05) is 24.3 Å². The van der Waals surface area contributed by atoms with Gasteiger partial charge in [-0.05, 0) is 25.0 Å². The molecule has 0 amide bonds. The summed E-state index contributed by atoms with van der Waals surface area (Å²) < 4.78 is 5.20. The first-order valence-corrected chi connectivity index (χ1v) is 5.44. The van der Waals surface area contributed by atoms with Crippen LogP contribution in [0.25, 0.3) is 6.08 Å². The number of nitrogens with zero attached hydrogens (tertiary/aromatic N) is 2. The van der Waals surface area contributed by atoms with E-state index in [-0.39, 0.29) is 5.41 Å². The molecule has 0 atom stereocenters. The first kappa shape index (κ1) is 11.7. The Morgan fingerprint density at radius 1 is 1.59 bits per heavy atom. The first-order chi connectivity index (χ1) is 8.16. The monoisotopic (exact) mass is 234 g/mol. The third-order valence-corrected chi connectivity index (χ3v) is 2.96. The molecular formula is C12H14N2O3. The number of ether oxygens (including phenoxy) is 1. The Hall–Kier alpha value is -1.75. The minimum Gasteiger partial charge on any atom is -0.384 e. The lowest BCUT2D eigenvalue weighted by Gasteiger charge is -2.13. The van der Waals surface area contributed by atoms with Crippen molar-refractivity contribution in [1.29, 1.82) is 0 Å². The molecule has 1 aromatic heterocycles. The predicted molar refractivity (Wildman–Crippen MR) is 63.1 cm³/mol. The summed E-state index contributed by atoms with van der Waals surface area (Å²) in [5.74, 6) is 0. The van der Waals surface area contributed by atoms with Crippen LogP contribution < -0.4 is 0 Å². The van der Waals surface area contributed by atoms with Crippen LogP contribution in [0.5, 0.6) is 0 Å². The second-order valence-corrected chi connectivity index (χ2v) is 4.26. The summed E-state index contributed by atoms with van der Waals surface area (Å²) in [6.45, 7) is 0.655. The molecule has 90 valence electrons. The van der Waals surface area contributed by atoms with Gasteiger partial charge in [-0.3, -0.25) is 15.1 Å². The van der Waals surface area contributed by atoms with Gasteiger partial charge in [-0.1, -0.05) is 6.07 Å². The fourth-order valence-electron chi connectivity index (χ4n) is 1.88. The van der Waals surface area contributed by atoms with Gasteiger partial charge in [0.15, 0.2) is 0 Å². The maximum atomic E-state index is 10.2. The zero-order valence-electron chi connectivity index (χ0n) is 9.63. The van der Waals surface area contributed by atoms with E-state index >= 15 is 0 Å². The fraction of sp³-hybridized carbons (Fsp3) is 0.417. The van der Waals surface area contributed by atoms with Crippen molar-refractivity contribution in [2.45, 2.75) is 18.3 Å². The average molecular weight is 234 g/mol. The van der Waals surface area contributed by atoms with Gasteiger partial charge in [0.1, 0.15) is 0 Å². The molecule has 1 aliphatic rings. The third kappa shape index (κ3) is 2.68. The van der Waals surface area contributed by atoms with Crippen LogP contribution in [-0.2, 0) is 10.2 Å². The molecule has 1 aliphatic carbocycles. The Kier molecular flexibility index (Phi) is 3.19. The summed E-state index contributed by atoms with van der Waals surface area (Å²) in [4.78, 5) is 14.2. The van der Waals surface area contributed by atoms with Gasteiger partial charge in [0.05, 0.1) is 17.2 Å². The molecule has 0 unspecified atom stereocenters. The summed E-state index contributed by atoms with van der Waals surface area (Å²) in [5.41, 5.74) is 1.61. The van der Waals surface area contributed by atoms with Crippen LogP contribution in [0.4, 0.5) is 0 Å². The molecule has 0 bridgehead atoms. The lowest BCUT2D eigenvalue weighted by atomic mass is 10.0. The second kappa shape index (κ2) is 4.63. The largest absolute Gasteiger partial charge is 0.384 e. The Bertz CT molecular complexity index is 453. The van der Waals surface area contributed by atoms with E-state index in [2.05, 4.69) is 4.98 Å². The Morgan fingerprint density at radius 2 is 2.35 bits per heavy atom. The molecule has 0 spiro atoms. The molecule has 17 heavy (non-hydrogen) atoms. The maximum absolute atomic E-state index is 10.2. The zero-order valence-corrected chi connectivity index (χ0v) is 9.63. The van der Waals surface area contributed by atoms with Crippen LogP contribution in [0.1, 0.15) is 24.2 Å². The van der Waals surface area contributed by atoms with Gasteiger partial charge >= 0.3 is 0 Å². The van der Waals surface area contributed by atoms with Gasteiger partial charge in [-0.15, -0.1) is 0 Å². The molecule has 0 aromatic carbocycles. The van der Waals surface area contributed by atoms with Crippen LogP contribution in [0.3, 0.4) is 0 Å². The van der Waals surface area contributed by atoms with E-state index in [1.807, 2.05) is 12.1 Å². The smallest absolute Gasteiger partial charge is 0.236 e. The normalized spacial score (nSPS) is 17.2. The molecule has 5 nitrogen and oxygen atoms in total. The van der Waals surface area contributed by atoms with Gasteiger partial charge in [0.2, 0.25) is 6.20 Å². The van der Waals surface area contributed by atoms with Crippen molar-refractivity contribution in [1.82, 2.24) is 4.98 Å². The minimum absolute atomic E-state index is 0.0349. The van der Waals surface area contributed by atoms with Gasteiger partial charge in [0.25, 0.3) is 0 Å². The quantitative estimate of drug-likeness (QED) is 0.577. The first-order valence-electron chi connectivity index (χ1n) is 5.44. The van der Waals surface area contributed by atoms with Crippen molar-refractivity contribution in [2.75, 3.05) is 13.7 Å². The Morgan fingerprint density at radius 3 is 2.94 bits per heavy atom. The highest BCUT2D eigenvalue weighted by molar-refractivity contribution is 5.44. The van der Waals surface area contributed by atoms with E-state index in [0.29, 0.717) is 12.3 Å². The van der Waals surface area contributed by atoms with E-state index in [1.54, 1.807) is 13.2 Å². The van der Waals surface area contributed by atoms with Crippen LogP contribution in [0.2, 0.25) is 0 Å². The summed E-state index contributed by atoms with van der Waals surface area (Å²) >= 11 is 0. The molecule has 1 saturated carbocycles. The predicted octanol–water partition coefficient (Wildman–Crippen LogP) is 2.01. The van der Waals surface area contributed by atoms with Crippen LogP contribution >= 0.6 is 0 Å². The van der Waals surface area contributed by atoms with Crippen molar-refractivity contribution in [2.24, 2.45) is 0 Å². The summed E-state index contributed by atoms with van der Waals surface area (Å²) in [6.07, 6.45) is 4.45. The van der Waals surface area contributed by atoms with E-state index in [9.17, 15) is 10.1 Å². The maximum Gasteiger partial charge on any atom is 0.236 e. The van der Waals surface area contributed by atoms with Gasteiger partial charge in [-0.2, -0.15) is 0 Å². The van der Waals surface area contributed by atoms with E-state index in [1.165, 1.54) is 6.08 Å².